The largest absolute Gasteiger partial charge is 0.456 e. The van der Waals surface area contributed by atoms with Crippen LogP contribution in [0.25, 0.3) is 10.9 Å². The number of primary amides is 1. The Kier molecular flexibility index (Phi) is 3.16. The smallest absolute Gasteiger partial charge is 0.252 e. The van der Waals surface area contributed by atoms with E-state index in [1.54, 1.807) is 48.7 Å². The number of hydrogen-bond acceptors (Lipinski definition) is 4. The van der Waals surface area contributed by atoms with E-state index in [1.165, 1.54) is 0 Å². The Hall–Kier alpha value is -3.08. The average Bonchev–Trinajstić information content (AvgIpc) is 2.51. The lowest BCUT2D eigenvalue weighted by Crippen LogP contribution is -2.12. The number of nitrogens with two attached hydrogens (primary N) is 2. The average molecular weight is 279 g/mol. The van der Waals surface area contributed by atoms with Crippen LogP contribution in [0.15, 0.2) is 54.7 Å². The van der Waals surface area contributed by atoms with Gasteiger partial charge in [-0.05, 0) is 36.4 Å². The Morgan fingerprint density at radius 2 is 1.81 bits per heavy atom. The van der Waals surface area contributed by atoms with Crippen molar-refractivity contribution in [1.29, 1.82) is 0 Å². The van der Waals surface area contributed by atoms with E-state index in [4.69, 9.17) is 16.2 Å². The minimum absolute atomic E-state index is 0.325. The highest BCUT2D eigenvalue weighted by Crippen LogP contribution is 2.33. The molecule has 1 amide bonds. The number of pyridine rings is 1. The molecule has 0 radical (unpaired) electrons. The molecule has 3 aromatic rings. The van der Waals surface area contributed by atoms with Crippen molar-refractivity contribution < 1.29 is 9.53 Å². The summed E-state index contributed by atoms with van der Waals surface area (Å²) in [5.41, 5.74) is 12.8. The second-order valence-corrected chi connectivity index (χ2v) is 4.51. The summed E-state index contributed by atoms with van der Waals surface area (Å²) in [4.78, 5) is 15.7. The third-order valence-electron chi connectivity index (χ3n) is 3.13. The number of para-hydroxylation sites is 1. The number of nitrogen functional groups attached to an aromatic ring is 1. The number of hydrogen-bond donors (Lipinski definition) is 2. The minimum Gasteiger partial charge on any atom is -0.456 e. The van der Waals surface area contributed by atoms with Gasteiger partial charge in [-0.15, -0.1) is 0 Å². The molecule has 0 aliphatic heterocycles. The number of benzene rings is 2. The molecule has 0 atom stereocenters. The SMILES string of the molecule is NC(=O)c1ccccc1Oc1ccc(N)c2ncccc12. The standard InChI is InChI=1S/C16H13N3O2/c17-12-7-8-14(10-5-3-9-19-15(10)12)21-13-6-2-1-4-11(13)16(18)20/h1-9H,17H2,(H2,18,20). The Morgan fingerprint density at radius 3 is 2.62 bits per heavy atom. The van der Waals surface area contributed by atoms with Gasteiger partial charge in [0.15, 0.2) is 0 Å². The summed E-state index contributed by atoms with van der Waals surface area (Å²) in [6.07, 6.45) is 1.67. The fourth-order valence-electron chi connectivity index (χ4n) is 2.14. The first-order valence-corrected chi connectivity index (χ1v) is 6.36. The molecule has 0 saturated carbocycles. The van der Waals surface area contributed by atoms with E-state index in [-0.39, 0.29) is 0 Å². The molecule has 5 heteroatoms. The lowest BCUT2D eigenvalue weighted by atomic mass is 10.1. The van der Waals surface area contributed by atoms with Crippen molar-refractivity contribution in [3.05, 3.63) is 60.3 Å². The third kappa shape index (κ3) is 2.36. The molecule has 21 heavy (non-hydrogen) atoms. The van der Waals surface area contributed by atoms with Crippen LogP contribution < -0.4 is 16.2 Å². The van der Waals surface area contributed by atoms with Crippen molar-refractivity contribution in [2.75, 3.05) is 5.73 Å². The lowest BCUT2D eigenvalue weighted by Gasteiger charge is -2.12. The number of ether oxygens (including phenoxy) is 1. The van der Waals surface area contributed by atoms with Crippen LogP contribution in [-0.2, 0) is 0 Å². The topological polar surface area (TPSA) is 91.2 Å². The molecule has 0 fully saturated rings. The molecule has 1 heterocycles. The molecule has 0 unspecified atom stereocenters. The van der Waals surface area contributed by atoms with E-state index in [1.807, 2.05) is 6.07 Å². The van der Waals surface area contributed by atoms with E-state index < -0.39 is 5.91 Å². The van der Waals surface area contributed by atoms with Crippen molar-refractivity contribution in [3.8, 4) is 11.5 Å². The van der Waals surface area contributed by atoms with Gasteiger partial charge in [0, 0.05) is 11.6 Å². The molecule has 0 spiro atoms. The predicted octanol–water partition coefficient (Wildman–Crippen LogP) is 2.71. The number of fused-ring (bicyclic) bond motifs is 1. The summed E-state index contributed by atoms with van der Waals surface area (Å²) in [5, 5.41) is 0.775. The first-order valence-electron chi connectivity index (χ1n) is 6.36. The fraction of sp³-hybridized carbons (Fsp3) is 0. The zero-order chi connectivity index (χ0) is 14.8. The number of rotatable bonds is 3. The molecule has 4 N–H and O–H groups in total. The Balaban J connectivity index is 2.11. The van der Waals surface area contributed by atoms with Gasteiger partial charge in [0.2, 0.25) is 0 Å². The lowest BCUT2D eigenvalue weighted by molar-refractivity contribution is 0.0998. The fourth-order valence-corrected chi connectivity index (χ4v) is 2.14. The van der Waals surface area contributed by atoms with E-state index in [0.29, 0.717) is 28.3 Å². The second kappa shape index (κ2) is 5.13. The van der Waals surface area contributed by atoms with E-state index >= 15 is 0 Å². The van der Waals surface area contributed by atoms with E-state index in [0.717, 1.165) is 5.39 Å². The summed E-state index contributed by atoms with van der Waals surface area (Å²) in [5.74, 6) is 0.435. The quantitative estimate of drug-likeness (QED) is 0.721. The maximum absolute atomic E-state index is 11.4. The zero-order valence-corrected chi connectivity index (χ0v) is 11.1. The summed E-state index contributed by atoms with van der Waals surface area (Å²) < 4.78 is 5.84. The molecular weight excluding hydrogens is 266 g/mol. The third-order valence-corrected chi connectivity index (χ3v) is 3.13. The number of anilines is 1. The summed E-state index contributed by atoms with van der Waals surface area (Å²) in [7, 11) is 0. The van der Waals surface area contributed by atoms with Gasteiger partial charge in [0.05, 0.1) is 16.8 Å². The van der Waals surface area contributed by atoms with Crippen LogP contribution in [0.5, 0.6) is 11.5 Å². The van der Waals surface area contributed by atoms with Crippen molar-refractivity contribution in [2.24, 2.45) is 5.73 Å². The van der Waals surface area contributed by atoms with Gasteiger partial charge in [0.25, 0.3) is 5.91 Å². The first kappa shape index (κ1) is 12.9. The van der Waals surface area contributed by atoms with E-state index in [2.05, 4.69) is 4.98 Å². The molecular formula is C16H13N3O2. The highest BCUT2D eigenvalue weighted by Gasteiger charge is 2.12. The minimum atomic E-state index is -0.538. The number of nitrogens with zero attached hydrogens (tertiary/aromatic N) is 1. The number of amides is 1. The molecule has 0 saturated heterocycles. The number of aromatic nitrogens is 1. The molecule has 1 aromatic heterocycles. The van der Waals surface area contributed by atoms with Crippen LogP contribution >= 0.6 is 0 Å². The van der Waals surface area contributed by atoms with Gasteiger partial charge >= 0.3 is 0 Å². The van der Waals surface area contributed by atoms with Crippen LogP contribution in [0.2, 0.25) is 0 Å². The summed E-state index contributed by atoms with van der Waals surface area (Å²) in [6, 6.07) is 14.0. The monoisotopic (exact) mass is 279 g/mol. The van der Waals surface area contributed by atoms with Gasteiger partial charge < -0.3 is 16.2 Å². The molecule has 0 aliphatic carbocycles. The Morgan fingerprint density at radius 1 is 1.00 bits per heavy atom. The number of carbonyl (C=O) groups excluding carboxylic acids is 1. The molecule has 2 aromatic carbocycles. The van der Waals surface area contributed by atoms with Gasteiger partial charge in [-0.25, -0.2) is 0 Å². The van der Waals surface area contributed by atoms with Crippen LogP contribution in [0.1, 0.15) is 10.4 Å². The maximum Gasteiger partial charge on any atom is 0.252 e. The van der Waals surface area contributed by atoms with Crippen molar-refractivity contribution >= 4 is 22.5 Å². The molecule has 5 nitrogen and oxygen atoms in total. The van der Waals surface area contributed by atoms with Gasteiger partial charge in [0.1, 0.15) is 11.5 Å². The van der Waals surface area contributed by atoms with Gasteiger partial charge in [-0.1, -0.05) is 12.1 Å². The van der Waals surface area contributed by atoms with Gasteiger partial charge in [-0.3, -0.25) is 9.78 Å². The maximum atomic E-state index is 11.4. The normalized spacial score (nSPS) is 10.5. The van der Waals surface area contributed by atoms with E-state index in [9.17, 15) is 4.79 Å². The molecule has 104 valence electrons. The van der Waals surface area contributed by atoms with Crippen molar-refractivity contribution in [3.63, 3.8) is 0 Å². The second-order valence-electron chi connectivity index (χ2n) is 4.51. The first-order chi connectivity index (χ1) is 10.2. The predicted molar refractivity (Wildman–Crippen MR) is 81.2 cm³/mol. The Labute approximate surface area is 121 Å². The highest BCUT2D eigenvalue weighted by atomic mass is 16.5. The van der Waals surface area contributed by atoms with Crippen molar-refractivity contribution in [1.82, 2.24) is 4.98 Å². The zero-order valence-electron chi connectivity index (χ0n) is 11.1. The summed E-state index contributed by atoms with van der Waals surface area (Å²) in [6.45, 7) is 0. The van der Waals surface area contributed by atoms with Crippen LogP contribution in [-0.4, -0.2) is 10.9 Å². The van der Waals surface area contributed by atoms with Gasteiger partial charge in [-0.2, -0.15) is 0 Å². The highest BCUT2D eigenvalue weighted by molar-refractivity contribution is 5.97. The number of carbonyl (C=O) groups is 1. The van der Waals surface area contributed by atoms with Crippen LogP contribution in [0, 0.1) is 0 Å². The van der Waals surface area contributed by atoms with Crippen LogP contribution in [0.4, 0.5) is 5.69 Å². The Bertz CT molecular complexity index is 831. The molecule has 0 bridgehead atoms. The summed E-state index contributed by atoms with van der Waals surface area (Å²) >= 11 is 0. The molecule has 0 aliphatic rings. The van der Waals surface area contributed by atoms with Crippen molar-refractivity contribution in [2.45, 2.75) is 0 Å². The molecule has 3 rings (SSSR count). The van der Waals surface area contributed by atoms with Crippen LogP contribution in [0.3, 0.4) is 0 Å².